The van der Waals surface area contributed by atoms with E-state index in [1.54, 1.807) is 6.20 Å². The molecule has 0 aliphatic heterocycles. The number of nitrogens with one attached hydrogen (secondary N) is 1. The lowest BCUT2D eigenvalue weighted by Gasteiger charge is -2.06. The molecule has 3 rings (SSSR count). The first-order valence-corrected chi connectivity index (χ1v) is 7.47. The molecule has 0 unspecified atom stereocenters. The van der Waals surface area contributed by atoms with Crippen LogP contribution >= 0.6 is 0 Å². The summed E-state index contributed by atoms with van der Waals surface area (Å²) in [6.07, 6.45) is 5.08. The fourth-order valence-corrected chi connectivity index (χ4v) is 2.31. The van der Waals surface area contributed by atoms with Crippen LogP contribution in [0, 0.1) is 11.3 Å². The lowest BCUT2D eigenvalue weighted by atomic mass is 10.1. The van der Waals surface area contributed by atoms with Crippen molar-refractivity contribution in [2.24, 2.45) is 0 Å². The van der Waals surface area contributed by atoms with Gasteiger partial charge in [0, 0.05) is 6.20 Å². The average Bonchev–Trinajstić information content (AvgIpc) is 3.00. The molecule has 0 saturated heterocycles. The van der Waals surface area contributed by atoms with E-state index >= 15 is 0 Å². The number of aromatic nitrogens is 3. The highest BCUT2D eigenvalue weighted by Gasteiger charge is 2.11. The maximum absolute atomic E-state index is 12.5. The Morgan fingerprint density at radius 1 is 1.35 bits per heavy atom. The van der Waals surface area contributed by atoms with Crippen molar-refractivity contribution in [2.75, 3.05) is 6.61 Å². The Morgan fingerprint density at radius 2 is 2.13 bits per heavy atom. The molecule has 116 valence electrons. The number of ether oxygens (including phenoxy) is 1. The largest absolute Gasteiger partial charge is 0.494 e. The molecule has 0 bridgehead atoms. The quantitative estimate of drug-likeness (QED) is 0.735. The second-order valence-corrected chi connectivity index (χ2v) is 5.16. The van der Waals surface area contributed by atoms with E-state index in [1.165, 1.54) is 10.7 Å². The smallest absolute Gasteiger partial charge is 0.282 e. The zero-order valence-corrected chi connectivity index (χ0v) is 12.7. The minimum absolute atomic E-state index is 0.264. The van der Waals surface area contributed by atoms with Crippen molar-refractivity contribution >= 4 is 5.65 Å². The van der Waals surface area contributed by atoms with Crippen LogP contribution < -0.4 is 10.3 Å². The molecule has 6 heteroatoms. The SMILES string of the molecule is CCCCOc1ccc(-c2c[nH]c3c(C#N)cnn3c2=O)cc1. The second kappa shape index (κ2) is 6.36. The molecular formula is C17H16N4O2. The maximum atomic E-state index is 12.5. The van der Waals surface area contributed by atoms with Crippen LogP contribution in [-0.4, -0.2) is 21.2 Å². The fraction of sp³-hybridized carbons (Fsp3) is 0.235. The van der Waals surface area contributed by atoms with Crippen molar-refractivity contribution in [1.82, 2.24) is 14.6 Å². The first-order chi connectivity index (χ1) is 11.2. The minimum Gasteiger partial charge on any atom is -0.494 e. The van der Waals surface area contributed by atoms with Crippen molar-refractivity contribution in [3.63, 3.8) is 0 Å². The number of aromatic amines is 1. The van der Waals surface area contributed by atoms with Crippen LogP contribution in [0.2, 0.25) is 0 Å². The number of H-pyrrole nitrogens is 1. The zero-order chi connectivity index (χ0) is 16.2. The molecule has 0 radical (unpaired) electrons. The van der Waals surface area contributed by atoms with Gasteiger partial charge in [0.25, 0.3) is 5.56 Å². The summed E-state index contributed by atoms with van der Waals surface area (Å²) in [6, 6.07) is 9.37. The molecule has 3 aromatic rings. The Kier molecular flexibility index (Phi) is 4.11. The number of nitrogens with zero attached hydrogens (tertiary/aromatic N) is 3. The van der Waals surface area contributed by atoms with Crippen LogP contribution in [0.5, 0.6) is 5.75 Å². The van der Waals surface area contributed by atoms with Gasteiger partial charge in [0.1, 0.15) is 17.4 Å². The lowest BCUT2D eigenvalue weighted by Crippen LogP contribution is -2.16. The third-order valence-electron chi connectivity index (χ3n) is 3.60. The highest BCUT2D eigenvalue weighted by Crippen LogP contribution is 2.20. The van der Waals surface area contributed by atoms with Crippen LogP contribution in [0.3, 0.4) is 0 Å². The number of fused-ring (bicyclic) bond motifs is 1. The third kappa shape index (κ3) is 2.81. The minimum atomic E-state index is -0.264. The molecule has 2 aromatic heterocycles. The van der Waals surface area contributed by atoms with E-state index in [0.29, 0.717) is 23.4 Å². The van der Waals surface area contributed by atoms with E-state index < -0.39 is 0 Å². The number of hydrogen-bond acceptors (Lipinski definition) is 4. The maximum Gasteiger partial charge on any atom is 0.282 e. The van der Waals surface area contributed by atoms with Crippen molar-refractivity contribution < 1.29 is 4.74 Å². The predicted molar refractivity (Wildman–Crippen MR) is 86.4 cm³/mol. The average molecular weight is 308 g/mol. The summed E-state index contributed by atoms with van der Waals surface area (Å²) in [7, 11) is 0. The van der Waals surface area contributed by atoms with Crippen LogP contribution in [-0.2, 0) is 0 Å². The summed E-state index contributed by atoms with van der Waals surface area (Å²) in [5.74, 6) is 0.783. The summed E-state index contributed by atoms with van der Waals surface area (Å²) in [6.45, 7) is 2.80. The Balaban J connectivity index is 1.93. The highest BCUT2D eigenvalue weighted by molar-refractivity contribution is 5.65. The number of benzene rings is 1. The number of nitriles is 1. The normalized spacial score (nSPS) is 10.6. The van der Waals surface area contributed by atoms with Crippen molar-refractivity contribution in [3.8, 4) is 22.9 Å². The molecule has 1 N–H and O–H groups in total. The molecule has 0 amide bonds. The Labute approximate surface area is 133 Å². The molecule has 0 aliphatic carbocycles. The first-order valence-electron chi connectivity index (χ1n) is 7.47. The molecule has 0 fully saturated rings. The van der Waals surface area contributed by atoms with Crippen molar-refractivity contribution in [1.29, 1.82) is 5.26 Å². The highest BCUT2D eigenvalue weighted by atomic mass is 16.5. The second-order valence-electron chi connectivity index (χ2n) is 5.16. The summed E-state index contributed by atoms with van der Waals surface area (Å²) in [5.41, 5.74) is 1.74. The molecule has 1 aromatic carbocycles. The van der Waals surface area contributed by atoms with Gasteiger partial charge in [-0.05, 0) is 24.1 Å². The Bertz CT molecular complexity index is 916. The monoisotopic (exact) mass is 308 g/mol. The van der Waals surface area contributed by atoms with Gasteiger partial charge < -0.3 is 9.72 Å². The standard InChI is InChI=1S/C17H16N4O2/c1-2-3-8-23-14-6-4-12(5-7-14)15-11-19-16-13(9-18)10-20-21(16)17(15)22/h4-7,10-11,19H,2-3,8H2,1H3. The molecular weight excluding hydrogens is 292 g/mol. The molecule has 6 nitrogen and oxygen atoms in total. The van der Waals surface area contributed by atoms with Gasteiger partial charge in [0.05, 0.1) is 18.4 Å². The summed E-state index contributed by atoms with van der Waals surface area (Å²) < 4.78 is 6.82. The topological polar surface area (TPSA) is 83.2 Å². The van der Waals surface area contributed by atoms with Crippen molar-refractivity contribution in [2.45, 2.75) is 19.8 Å². The van der Waals surface area contributed by atoms with Crippen LogP contribution in [0.25, 0.3) is 16.8 Å². The van der Waals surface area contributed by atoms with E-state index in [2.05, 4.69) is 17.0 Å². The van der Waals surface area contributed by atoms with Crippen LogP contribution in [0.1, 0.15) is 25.3 Å². The molecule has 23 heavy (non-hydrogen) atoms. The lowest BCUT2D eigenvalue weighted by molar-refractivity contribution is 0.309. The summed E-state index contributed by atoms with van der Waals surface area (Å²) >= 11 is 0. The van der Waals surface area contributed by atoms with Gasteiger partial charge in [-0.25, -0.2) is 0 Å². The Hall–Kier alpha value is -3.07. The van der Waals surface area contributed by atoms with Crippen LogP contribution in [0.15, 0.2) is 41.5 Å². The molecule has 0 saturated carbocycles. The number of hydrogen-bond donors (Lipinski definition) is 1. The van der Waals surface area contributed by atoms with Gasteiger partial charge in [0.15, 0.2) is 5.65 Å². The first kappa shape index (κ1) is 14.9. The van der Waals surface area contributed by atoms with E-state index in [1.807, 2.05) is 30.3 Å². The molecule has 2 heterocycles. The zero-order valence-electron chi connectivity index (χ0n) is 12.7. The van der Waals surface area contributed by atoms with Gasteiger partial charge in [-0.15, -0.1) is 0 Å². The number of rotatable bonds is 5. The van der Waals surface area contributed by atoms with E-state index in [0.717, 1.165) is 24.2 Å². The summed E-state index contributed by atoms with van der Waals surface area (Å²) in [5, 5.41) is 13.0. The van der Waals surface area contributed by atoms with Gasteiger partial charge in [-0.2, -0.15) is 14.9 Å². The van der Waals surface area contributed by atoms with E-state index in [-0.39, 0.29) is 5.56 Å². The molecule has 0 aliphatic rings. The van der Waals surface area contributed by atoms with Gasteiger partial charge in [-0.3, -0.25) is 4.79 Å². The summed E-state index contributed by atoms with van der Waals surface area (Å²) in [4.78, 5) is 15.5. The van der Waals surface area contributed by atoms with Crippen LogP contribution in [0.4, 0.5) is 0 Å². The third-order valence-corrected chi connectivity index (χ3v) is 3.60. The number of unbranched alkanes of at least 4 members (excludes halogenated alkanes) is 1. The molecule has 0 spiro atoms. The van der Waals surface area contributed by atoms with Gasteiger partial charge in [-0.1, -0.05) is 25.5 Å². The molecule has 0 atom stereocenters. The van der Waals surface area contributed by atoms with E-state index in [9.17, 15) is 4.79 Å². The van der Waals surface area contributed by atoms with Crippen molar-refractivity contribution in [3.05, 3.63) is 52.6 Å². The van der Waals surface area contributed by atoms with Gasteiger partial charge in [0.2, 0.25) is 0 Å². The van der Waals surface area contributed by atoms with E-state index in [4.69, 9.17) is 10.00 Å². The predicted octanol–water partition coefficient (Wildman–Crippen LogP) is 2.74. The van der Waals surface area contributed by atoms with Gasteiger partial charge >= 0.3 is 0 Å². The fourth-order valence-electron chi connectivity index (χ4n) is 2.31. The Morgan fingerprint density at radius 3 is 2.83 bits per heavy atom.